The van der Waals surface area contributed by atoms with E-state index in [-0.39, 0.29) is 12.6 Å². The van der Waals surface area contributed by atoms with E-state index in [1.54, 1.807) is 0 Å². The minimum Gasteiger partial charge on any atom is -0.395 e. The molecule has 0 bridgehead atoms. The zero-order chi connectivity index (χ0) is 11.3. The Morgan fingerprint density at radius 1 is 1.40 bits per heavy atom. The summed E-state index contributed by atoms with van der Waals surface area (Å²) in [6.07, 6.45) is 0. The average molecular weight is 229 g/mol. The second-order valence-electron chi connectivity index (χ2n) is 3.77. The summed E-state index contributed by atoms with van der Waals surface area (Å²) in [5.41, 5.74) is 6.83. The van der Waals surface area contributed by atoms with Crippen molar-refractivity contribution in [1.29, 1.82) is 0 Å². The summed E-state index contributed by atoms with van der Waals surface area (Å²) in [6.45, 7) is 1.51. The number of likely N-dealkylation sites (N-methyl/N-ethyl adjacent to an activating group) is 1. The molecule has 1 aromatic rings. The highest BCUT2D eigenvalue weighted by molar-refractivity contribution is 6.30. The van der Waals surface area contributed by atoms with Crippen LogP contribution in [0.2, 0.25) is 5.02 Å². The van der Waals surface area contributed by atoms with Crippen molar-refractivity contribution in [1.82, 2.24) is 4.90 Å². The first-order chi connectivity index (χ1) is 7.11. The van der Waals surface area contributed by atoms with Crippen molar-refractivity contribution in [2.24, 2.45) is 5.73 Å². The zero-order valence-electron chi connectivity index (χ0n) is 8.86. The van der Waals surface area contributed by atoms with E-state index < -0.39 is 0 Å². The van der Waals surface area contributed by atoms with Gasteiger partial charge in [-0.25, -0.2) is 0 Å². The molecule has 1 rings (SSSR count). The molecular weight excluding hydrogens is 212 g/mol. The Morgan fingerprint density at radius 3 is 2.53 bits per heavy atom. The van der Waals surface area contributed by atoms with Gasteiger partial charge in [-0.3, -0.25) is 0 Å². The fourth-order valence-corrected chi connectivity index (χ4v) is 1.55. The van der Waals surface area contributed by atoms with Gasteiger partial charge in [-0.2, -0.15) is 0 Å². The van der Waals surface area contributed by atoms with Gasteiger partial charge in [-0.15, -0.1) is 0 Å². The SMILES string of the molecule is CN(Cc1ccc(Cl)cc1)CC(N)CO. The monoisotopic (exact) mass is 228 g/mol. The third kappa shape index (κ3) is 4.62. The minimum absolute atomic E-state index is 0.0188. The minimum atomic E-state index is -0.178. The molecule has 0 fully saturated rings. The quantitative estimate of drug-likeness (QED) is 0.794. The van der Waals surface area contributed by atoms with Crippen LogP contribution in [0.4, 0.5) is 0 Å². The summed E-state index contributed by atoms with van der Waals surface area (Å²) in [6, 6.07) is 7.54. The number of aliphatic hydroxyl groups excluding tert-OH is 1. The molecule has 0 aromatic heterocycles. The maximum Gasteiger partial charge on any atom is 0.0595 e. The Kier molecular flexibility index (Phi) is 5.05. The largest absolute Gasteiger partial charge is 0.395 e. The van der Waals surface area contributed by atoms with Crippen LogP contribution in [-0.2, 0) is 6.54 Å². The summed E-state index contributed by atoms with van der Waals surface area (Å²) < 4.78 is 0. The van der Waals surface area contributed by atoms with Crippen LogP contribution >= 0.6 is 11.6 Å². The van der Waals surface area contributed by atoms with E-state index in [1.807, 2.05) is 31.3 Å². The molecule has 15 heavy (non-hydrogen) atoms. The molecule has 0 saturated carbocycles. The van der Waals surface area contributed by atoms with Crippen molar-refractivity contribution in [3.05, 3.63) is 34.9 Å². The van der Waals surface area contributed by atoms with Gasteiger partial charge in [0.1, 0.15) is 0 Å². The van der Waals surface area contributed by atoms with E-state index in [0.29, 0.717) is 6.54 Å². The van der Waals surface area contributed by atoms with Gasteiger partial charge in [0.2, 0.25) is 0 Å². The summed E-state index contributed by atoms with van der Waals surface area (Å²) in [7, 11) is 1.98. The van der Waals surface area contributed by atoms with Crippen LogP contribution in [0, 0.1) is 0 Å². The van der Waals surface area contributed by atoms with E-state index >= 15 is 0 Å². The molecule has 1 atom stereocenters. The van der Waals surface area contributed by atoms with Gasteiger partial charge in [-0.1, -0.05) is 23.7 Å². The third-order valence-electron chi connectivity index (χ3n) is 2.15. The van der Waals surface area contributed by atoms with Crippen LogP contribution in [0.3, 0.4) is 0 Å². The van der Waals surface area contributed by atoms with Gasteiger partial charge in [-0.05, 0) is 24.7 Å². The standard InChI is InChI=1S/C11H17ClN2O/c1-14(7-11(13)8-15)6-9-2-4-10(12)5-3-9/h2-5,11,15H,6-8,13H2,1H3. The predicted octanol–water partition coefficient (Wildman–Crippen LogP) is 1.09. The fraction of sp³-hybridized carbons (Fsp3) is 0.455. The smallest absolute Gasteiger partial charge is 0.0595 e. The van der Waals surface area contributed by atoms with E-state index in [0.717, 1.165) is 11.6 Å². The predicted molar refractivity (Wildman–Crippen MR) is 62.8 cm³/mol. The van der Waals surface area contributed by atoms with Crippen LogP contribution in [0.1, 0.15) is 5.56 Å². The highest BCUT2D eigenvalue weighted by Gasteiger charge is 2.05. The Morgan fingerprint density at radius 2 is 2.00 bits per heavy atom. The van der Waals surface area contributed by atoms with Crippen LogP contribution in [0.15, 0.2) is 24.3 Å². The number of rotatable bonds is 5. The molecule has 0 aliphatic heterocycles. The average Bonchev–Trinajstić information content (AvgIpc) is 2.21. The molecule has 4 heteroatoms. The van der Waals surface area contributed by atoms with E-state index in [4.69, 9.17) is 22.4 Å². The van der Waals surface area contributed by atoms with Crippen molar-refractivity contribution in [2.75, 3.05) is 20.2 Å². The molecule has 1 aromatic carbocycles. The Hall–Kier alpha value is -0.610. The van der Waals surface area contributed by atoms with Gasteiger partial charge < -0.3 is 15.7 Å². The number of nitrogens with two attached hydrogens (primary N) is 1. The first kappa shape index (κ1) is 12.5. The maximum absolute atomic E-state index is 8.82. The van der Waals surface area contributed by atoms with Crippen molar-refractivity contribution in [2.45, 2.75) is 12.6 Å². The molecule has 0 heterocycles. The lowest BCUT2D eigenvalue weighted by molar-refractivity contribution is 0.218. The maximum atomic E-state index is 8.82. The van der Waals surface area contributed by atoms with Crippen LogP contribution in [0.5, 0.6) is 0 Å². The van der Waals surface area contributed by atoms with Gasteiger partial charge in [0, 0.05) is 24.2 Å². The Bertz CT molecular complexity index is 289. The molecule has 0 saturated heterocycles. The van der Waals surface area contributed by atoms with Gasteiger partial charge in [0.05, 0.1) is 6.61 Å². The number of nitrogens with zero attached hydrogens (tertiary/aromatic N) is 1. The lowest BCUT2D eigenvalue weighted by Crippen LogP contribution is -2.37. The Balaban J connectivity index is 2.44. The molecule has 84 valence electrons. The lowest BCUT2D eigenvalue weighted by atomic mass is 10.2. The number of hydrogen-bond acceptors (Lipinski definition) is 3. The summed E-state index contributed by atoms with van der Waals surface area (Å²) in [4.78, 5) is 2.07. The molecular formula is C11H17ClN2O. The Labute approximate surface area is 95.5 Å². The number of hydrogen-bond donors (Lipinski definition) is 2. The highest BCUT2D eigenvalue weighted by atomic mass is 35.5. The second kappa shape index (κ2) is 6.08. The first-order valence-electron chi connectivity index (χ1n) is 4.91. The van der Waals surface area contributed by atoms with E-state index in [9.17, 15) is 0 Å². The summed E-state index contributed by atoms with van der Waals surface area (Å²) in [5, 5.41) is 9.56. The van der Waals surface area contributed by atoms with E-state index in [2.05, 4.69) is 4.90 Å². The van der Waals surface area contributed by atoms with Crippen molar-refractivity contribution in [3.63, 3.8) is 0 Å². The molecule has 1 unspecified atom stereocenters. The van der Waals surface area contributed by atoms with Crippen LogP contribution in [0.25, 0.3) is 0 Å². The van der Waals surface area contributed by atoms with Crippen molar-refractivity contribution in [3.8, 4) is 0 Å². The van der Waals surface area contributed by atoms with Crippen molar-refractivity contribution < 1.29 is 5.11 Å². The third-order valence-corrected chi connectivity index (χ3v) is 2.40. The fourth-order valence-electron chi connectivity index (χ4n) is 1.42. The molecule has 0 aliphatic carbocycles. The summed E-state index contributed by atoms with van der Waals surface area (Å²) >= 11 is 5.79. The molecule has 0 amide bonds. The lowest BCUT2D eigenvalue weighted by Gasteiger charge is -2.19. The zero-order valence-corrected chi connectivity index (χ0v) is 9.61. The van der Waals surface area contributed by atoms with Gasteiger partial charge >= 0.3 is 0 Å². The molecule has 3 nitrogen and oxygen atoms in total. The number of aliphatic hydroxyl groups is 1. The van der Waals surface area contributed by atoms with Crippen LogP contribution < -0.4 is 5.73 Å². The number of benzene rings is 1. The molecule has 3 N–H and O–H groups in total. The second-order valence-corrected chi connectivity index (χ2v) is 4.20. The van der Waals surface area contributed by atoms with Gasteiger partial charge in [0.25, 0.3) is 0 Å². The van der Waals surface area contributed by atoms with Crippen molar-refractivity contribution >= 4 is 11.6 Å². The topological polar surface area (TPSA) is 49.5 Å². The first-order valence-corrected chi connectivity index (χ1v) is 5.29. The normalized spacial score (nSPS) is 13.1. The van der Waals surface area contributed by atoms with E-state index in [1.165, 1.54) is 5.56 Å². The van der Waals surface area contributed by atoms with Gasteiger partial charge in [0.15, 0.2) is 0 Å². The summed E-state index contributed by atoms with van der Waals surface area (Å²) in [5.74, 6) is 0. The molecule has 0 spiro atoms. The molecule has 0 radical (unpaired) electrons. The number of halogens is 1. The van der Waals surface area contributed by atoms with Crippen LogP contribution in [-0.4, -0.2) is 36.2 Å². The molecule has 0 aliphatic rings. The highest BCUT2D eigenvalue weighted by Crippen LogP contribution is 2.10.